The van der Waals surface area contributed by atoms with Crippen LogP contribution in [0.2, 0.25) is 0 Å². The SMILES string of the molecule is CNS(=O)(=O)c1ccc(CNC(=O)NCc2ccnc(N3CCCCC3)c2)cc1. The molecule has 156 valence electrons. The number of carbonyl (C=O) groups is 1. The number of hydrogen-bond donors (Lipinski definition) is 3. The third-order valence-electron chi connectivity index (χ3n) is 4.90. The molecule has 0 saturated carbocycles. The molecule has 9 heteroatoms. The zero-order chi connectivity index (χ0) is 20.7. The number of nitrogens with zero attached hydrogens (tertiary/aromatic N) is 2. The molecule has 0 atom stereocenters. The van der Waals surface area contributed by atoms with Crippen molar-refractivity contribution >= 4 is 21.9 Å². The molecule has 3 rings (SSSR count). The lowest BCUT2D eigenvalue weighted by atomic mass is 10.1. The highest BCUT2D eigenvalue weighted by Gasteiger charge is 2.13. The van der Waals surface area contributed by atoms with E-state index in [-0.39, 0.29) is 10.9 Å². The average Bonchev–Trinajstić information content (AvgIpc) is 2.77. The fourth-order valence-electron chi connectivity index (χ4n) is 3.20. The van der Waals surface area contributed by atoms with Crippen LogP contribution in [0.4, 0.5) is 10.6 Å². The minimum atomic E-state index is -3.46. The van der Waals surface area contributed by atoms with Crippen LogP contribution in [0.3, 0.4) is 0 Å². The molecule has 2 heterocycles. The maximum atomic E-state index is 12.1. The van der Waals surface area contributed by atoms with Gasteiger partial charge in [-0.05, 0) is 61.7 Å². The molecule has 2 aromatic rings. The average molecular weight is 418 g/mol. The molecule has 0 radical (unpaired) electrons. The second-order valence-corrected chi connectivity index (χ2v) is 8.84. The Morgan fingerprint density at radius 3 is 2.31 bits per heavy atom. The third-order valence-corrected chi connectivity index (χ3v) is 6.33. The van der Waals surface area contributed by atoms with E-state index >= 15 is 0 Å². The fraction of sp³-hybridized carbons (Fsp3) is 0.400. The fourth-order valence-corrected chi connectivity index (χ4v) is 3.93. The van der Waals surface area contributed by atoms with Crippen molar-refractivity contribution in [1.82, 2.24) is 20.3 Å². The summed E-state index contributed by atoms with van der Waals surface area (Å²) in [5.41, 5.74) is 1.81. The summed E-state index contributed by atoms with van der Waals surface area (Å²) in [5.74, 6) is 0.959. The molecule has 1 fully saturated rings. The van der Waals surface area contributed by atoms with Crippen molar-refractivity contribution in [3.8, 4) is 0 Å². The predicted molar refractivity (Wildman–Crippen MR) is 112 cm³/mol. The first kappa shape index (κ1) is 21.1. The molecule has 0 bridgehead atoms. The lowest BCUT2D eigenvalue weighted by Gasteiger charge is -2.27. The van der Waals surface area contributed by atoms with E-state index in [0.717, 1.165) is 30.0 Å². The van der Waals surface area contributed by atoms with Crippen molar-refractivity contribution in [3.63, 3.8) is 0 Å². The molecule has 1 aliphatic rings. The number of nitrogens with one attached hydrogen (secondary N) is 3. The van der Waals surface area contributed by atoms with Crippen LogP contribution in [0.5, 0.6) is 0 Å². The Labute approximate surface area is 171 Å². The smallest absolute Gasteiger partial charge is 0.315 e. The van der Waals surface area contributed by atoms with Gasteiger partial charge in [-0.25, -0.2) is 22.9 Å². The maximum absolute atomic E-state index is 12.1. The minimum Gasteiger partial charge on any atom is -0.357 e. The molecule has 3 N–H and O–H groups in total. The molecule has 0 spiro atoms. The molecule has 29 heavy (non-hydrogen) atoms. The molecule has 1 aromatic heterocycles. The highest BCUT2D eigenvalue weighted by Crippen LogP contribution is 2.18. The van der Waals surface area contributed by atoms with E-state index in [0.29, 0.717) is 13.1 Å². The van der Waals surface area contributed by atoms with Gasteiger partial charge in [-0.1, -0.05) is 12.1 Å². The van der Waals surface area contributed by atoms with Crippen LogP contribution in [0.15, 0.2) is 47.5 Å². The number of amides is 2. The summed E-state index contributed by atoms with van der Waals surface area (Å²) in [6.07, 6.45) is 5.43. The van der Waals surface area contributed by atoms with E-state index in [2.05, 4.69) is 25.2 Å². The van der Waals surface area contributed by atoms with Crippen molar-refractivity contribution in [1.29, 1.82) is 0 Å². The number of rotatable bonds is 7. The lowest BCUT2D eigenvalue weighted by Crippen LogP contribution is -2.34. The molecule has 0 unspecified atom stereocenters. The van der Waals surface area contributed by atoms with Gasteiger partial charge in [0.1, 0.15) is 5.82 Å². The maximum Gasteiger partial charge on any atom is 0.315 e. The Balaban J connectivity index is 1.48. The van der Waals surface area contributed by atoms with Crippen molar-refractivity contribution < 1.29 is 13.2 Å². The van der Waals surface area contributed by atoms with Crippen LogP contribution in [-0.4, -0.2) is 39.6 Å². The van der Waals surface area contributed by atoms with Crippen molar-refractivity contribution in [2.45, 2.75) is 37.2 Å². The van der Waals surface area contributed by atoms with Gasteiger partial charge in [0.15, 0.2) is 0 Å². The van der Waals surface area contributed by atoms with Gasteiger partial charge in [-0.3, -0.25) is 0 Å². The van der Waals surface area contributed by atoms with Gasteiger partial charge < -0.3 is 15.5 Å². The van der Waals surface area contributed by atoms with Crippen molar-refractivity contribution in [3.05, 3.63) is 53.7 Å². The molecular weight excluding hydrogens is 390 g/mol. The second-order valence-electron chi connectivity index (χ2n) is 6.96. The topological polar surface area (TPSA) is 103 Å². The first-order chi connectivity index (χ1) is 14.0. The Hall–Kier alpha value is -2.65. The summed E-state index contributed by atoms with van der Waals surface area (Å²) in [5, 5.41) is 5.62. The van der Waals surface area contributed by atoms with Gasteiger partial charge in [-0.15, -0.1) is 0 Å². The number of hydrogen-bond acceptors (Lipinski definition) is 5. The summed E-state index contributed by atoms with van der Waals surface area (Å²) < 4.78 is 25.7. The minimum absolute atomic E-state index is 0.190. The molecule has 1 aliphatic heterocycles. The first-order valence-electron chi connectivity index (χ1n) is 9.72. The Morgan fingerprint density at radius 1 is 1.00 bits per heavy atom. The van der Waals surface area contributed by atoms with E-state index < -0.39 is 10.0 Å². The van der Waals surface area contributed by atoms with Gasteiger partial charge in [0.2, 0.25) is 10.0 Å². The number of sulfonamides is 1. The first-order valence-corrected chi connectivity index (χ1v) is 11.2. The second kappa shape index (κ2) is 9.71. The van der Waals surface area contributed by atoms with Crippen LogP contribution in [-0.2, 0) is 23.1 Å². The molecule has 0 aliphatic carbocycles. The van der Waals surface area contributed by atoms with Crippen LogP contribution >= 0.6 is 0 Å². The van der Waals surface area contributed by atoms with Gasteiger partial charge in [0.25, 0.3) is 0 Å². The lowest BCUT2D eigenvalue weighted by molar-refractivity contribution is 0.240. The van der Waals surface area contributed by atoms with Crippen molar-refractivity contribution in [2.75, 3.05) is 25.0 Å². The van der Waals surface area contributed by atoms with Gasteiger partial charge in [0.05, 0.1) is 4.90 Å². The Bertz CT molecular complexity index is 925. The van der Waals surface area contributed by atoms with E-state index in [9.17, 15) is 13.2 Å². The van der Waals surface area contributed by atoms with Crippen molar-refractivity contribution in [2.24, 2.45) is 0 Å². The van der Waals surface area contributed by atoms with E-state index in [1.807, 2.05) is 12.1 Å². The largest absolute Gasteiger partial charge is 0.357 e. The predicted octanol–water partition coefficient (Wildman–Crippen LogP) is 1.98. The number of aromatic nitrogens is 1. The van der Waals surface area contributed by atoms with E-state index in [4.69, 9.17) is 0 Å². The van der Waals surface area contributed by atoms with Gasteiger partial charge in [-0.2, -0.15) is 0 Å². The van der Waals surface area contributed by atoms with Crippen LogP contribution in [0.1, 0.15) is 30.4 Å². The highest BCUT2D eigenvalue weighted by atomic mass is 32.2. The highest BCUT2D eigenvalue weighted by molar-refractivity contribution is 7.89. The van der Waals surface area contributed by atoms with Crippen LogP contribution in [0, 0.1) is 0 Å². The number of benzene rings is 1. The molecule has 1 aromatic carbocycles. The zero-order valence-electron chi connectivity index (χ0n) is 16.5. The van der Waals surface area contributed by atoms with E-state index in [1.165, 1.54) is 38.4 Å². The third kappa shape index (κ3) is 5.91. The quantitative estimate of drug-likeness (QED) is 0.639. The van der Waals surface area contributed by atoms with Crippen LogP contribution < -0.4 is 20.3 Å². The summed E-state index contributed by atoms with van der Waals surface area (Å²) >= 11 is 0. The van der Waals surface area contributed by atoms with Crippen LogP contribution in [0.25, 0.3) is 0 Å². The van der Waals surface area contributed by atoms with Gasteiger partial charge >= 0.3 is 6.03 Å². The number of pyridine rings is 1. The van der Waals surface area contributed by atoms with Gasteiger partial charge in [0, 0.05) is 32.4 Å². The molecule has 2 amide bonds. The molecular formula is C20H27N5O3S. The standard InChI is InChI=1S/C20H27N5O3S/c1-21-29(27,28)18-7-5-16(6-8-18)14-23-20(26)24-15-17-9-10-22-19(13-17)25-11-3-2-4-12-25/h5-10,13,21H,2-4,11-12,14-15H2,1H3,(H2,23,24,26). The Kier molecular flexibility index (Phi) is 7.05. The molecule has 1 saturated heterocycles. The molecule has 8 nitrogen and oxygen atoms in total. The summed E-state index contributed by atoms with van der Waals surface area (Å²) in [6.45, 7) is 2.77. The summed E-state index contributed by atoms with van der Waals surface area (Å²) in [4.78, 5) is 19.0. The number of anilines is 1. The zero-order valence-corrected chi connectivity index (χ0v) is 17.3. The Morgan fingerprint density at radius 2 is 1.66 bits per heavy atom. The number of carbonyl (C=O) groups excluding carboxylic acids is 1. The summed E-state index contributed by atoms with van der Waals surface area (Å²) in [7, 11) is -2.09. The van der Waals surface area contributed by atoms with E-state index in [1.54, 1.807) is 18.3 Å². The summed E-state index contributed by atoms with van der Waals surface area (Å²) in [6, 6.07) is 10.0. The normalized spacial score (nSPS) is 14.4. The monoisotopic (exact) mass is 417 g/mol. The number of urea groups is 1. The number of piperidine rings is 1.